The van der Waals surface area contributed by atoms with Gasteiger partial charge >= 0.3 is 0 Å². The standard InChI is InChI=1S/C51H32N6O/c1-2-12-33(13-3-1)55-41-24-23-31(28-38(41)49-42(55)20-9-27-54-49)32-29-37-34-16-8-19-45(56-39-17-6-4-14-35(39)47-43(56)21-10-25-52-47)50(34)58-51(37)46(30-32)57-40-18-7-5-15-36(40)48-44(57)22-11-26-53-48/h1-5,7-16,18-30H,6,17H2. The van der Waals surface area contributed by atoms with Crippen molar-refractivity contribution in [3.63, 3.8) is 0 Å². The van der Waals surface area contributed by atoms with Crippen LogP contribution in [-0.2, 0) is 6.42 Å². The van der Waals surface area contributed by atoms with Gasteiger partial charge < -0.3 is 18.1 Å². The SMILES string of the molecule is C1=Cc2c(n(-c3cccc4c3oc3c(-n5c6ccccc6c6ncccc65)cc(-c5ccc6c(c5)c5ncccc5n6-c5ccccc5)cc34)c3cccnc23)CC1. The molecule has 7 aromatic heterocycles. The number of para-hydroxylation sites is 3. The van der Waals surface area contributed by atoms with Crippen molar-refractivity contribution in [3.05, 3.63) is 175 Å². The third-order valence-corrected chi connectivity index (χ3v) is 12.0. The Labute approximate surface area is 331 Å². The van der Waals surface area contributed by atoms with Crippen LogP contribution < -0.4 is 0 Å². The van der Waals surface area contributed by atoms with Gasteiger partial charge in [0.2, 0.25) is 0 Å². The number of hydrogen-bond donors (Lipinski definition) is 0. The van der Waals surface area contributed by atoms with Crippen molar-refractivity contribution < 1.29 is 4.42 Å². The molecule has 0 amide bonds. The number of aromatic nitrogens is 6. The maximum Gasteiger partial charge on any atom is 0.159 e. The van der Waals surface area contributed by atoms with Crippen molar-refractivity contribution in [3.8, 4) is 28.2 Å². The Bertz CT molecular complexity index is 3640. The van der Waals surface area contributed by atoms with Crippen LogP contribution >= 0.6 is 0 Å². The molecule has 1 aliphatic rings. The van der Waals surface area contributed by atoms with Gasteiger partial charge in [0.15, 0.2) is 11.2 Å². The zero-order valence-corrected chi connectivity index (χ0v) is 31.2. The minimum absolute atomic E-state index is 0.824. The van der Waals surface area contributed by atoms with Crippen LogP contribution in [0.15, 0.2) is 169 Å². The molecule has 0 atom stereocenters. The fourth-order valence-electron chi connectivity index (χ4n) is 9.59. The minimum Gasteiger partial charge on any atom is -0.452 e. The summed E-state index contributed by atoms with van der Waals surface area (Å²) in [5, 5.41) is 4.31. The lowest BCUT2D eigenvalue weighted by Gasteiger charge is -2.13. The number of hydrogen-bond acceptors (Lipinski definition) is 4. The number of benzene rings is 5. The first-order valence-corrected chi connectivity index (χ1v) is 19.7. The lowest BCUT2D eigenvalue weighted by molar-refractivity contribution is 0.662. The Balaban J connectivity index is 1.13. The number of fused-ring (bicyclic) bond motifs is 12. The second-order valence-corrected chi connectivity index (χ2v) is 15.1. The van der Waals surface area contributed by atoms with Crippen molar-refractivity contribution in [2.45, 2.75) is 12.8 Å². The molecule has 7 heteroatoms. The third kappa shape index (κ3) is 4.30. The highest BCUT2D eigenvalue weighted by molar-refractivity contribution is 6.15. The fraction of sp³-hybridized carbons (Fsp3) is 0.0392. The van der Waals surface area contributed by atoms with Gasteiger partial charge in [0, 0.05) is 57.1 Å². The molecule has 13 rings (SSSR count). The molecule has 12 aromatic rings. The highest BCUT2D eigenvalue weighted by atomic mass is 16.3. The first-order valence-electron chi connectivity index (χ1n) is 19.7. The number of furan rings is 1. The molecule has 272 valence electrons. The molecule has 0 radical (unpaired) electrons. The molecular weight excluding hydrogens is 713 g/mol. The van der Waals surface area contributed by atoms with Gasteiger partial charge in [-0.2, -0.15) is 0 Å². The summed E-state index contributed by atoms with van der Waals surface area (Å²) in [5.74, 6) is 0. The van der Waals surface area contributed by atoms with Gasteiger partial charge in [-0.3, -0.25) is 15.0 Å². The van der Waals surface area contributed by atoms with Gasteiger partial charge in [0.05, 0.1) is 55.5 Å². The number of pyridine rings is 3. The van der Waals surface area contributed by atoms with E-state index in [2.05, 4.69) is 147 Å². The summed E-state index contributed by atoms with van der Waals surface area (Å²) in [7, 11) is 0. The summed E-state index contributed by atoms with van der Waals surface area (Å²) < 4.78 is 14.3. The molecular formula is C51H32N6O. The van der Waals surface area contributed by atoms with Crippen LogP contribution in [0.4, 0.5) is 0 Å². The molecule has 0 unspecified atom stereocenters. The van der Waals surface area contributed by atoms with Gasteiger partial charge in [-0.25, -0.2) is 0 Å². The van der Waals surface area contributed by atoms with Crippen molar-refractivity contribution in [1.82, 2.24) is 28.7 Å². The van der Waals surface area contributed by atoms with E-state index in [1.807, 2.05) is 36.8 Å². The molecule has 0 bridgehead atoms. The van der Waals surface area contributed by atoms with E-state index in [9.17, 15) is 0 Å². The van der Waals surface area contributed by atoms with Crippen LogP contribution in [0.3, 0.4) is 0 Å². The highest BCUT2D eigenvalue weighted by Gasteiger charge is 2.25. The molecule has 0 N–H and O–H groups in total. The summed E-state index contributed by atoms with van der Waals surface area (Å²) in [6.45, 7) is 0. The molecule has 7 heterocycles. The Morgan fingerprint density at radius 1 is 0.448 bits per heavy atom. The second kappa shape index (κ2) is 11.9. The Hall–Kier alpha value is -7.77. The van der Waals surface area contributed by atoms with E-state index in [-0.39, 0.29) is 0 Å². The summed E-state index contributed by atoms with van der Waals surface area (Å²) in [4.78, 5) is 14.7. The van der Waals surface area contributed by atoms with Gasteiger partial charge in [-0.15, -0.1) is 0 Å². The van der Waals surface area contributed by atoms with Crippen LogP contribution in [0.2, 0.25) is 0 Å². The molecule has 0 aliphatic heterocycles. The summed E-state index contributed by atoms with van der Waals surface area (Å²) in [6, 6.07) is 49.5. The molecule has 0 saturated carbocycles. The highest BCUT2D eigenvalue weighted by Crippen LogP contribution is 2.44. The zero-order chi connectivity index (χ0) is 37.9. The van der Waals surface area contributed by atoms with E-state index in [1.165, 1.54) is 11.3 Å². The summed E-state index contributed by atoms with van der Waals surface area (Å²) >= 11 is 0. The minimum atomic E-state index is 0.824. The van der Waals surface area contributed by atoms with E-state index >= 15 is 0 Å². The fourth-order valence-corrected chi connectivity index (χ4v) is 9.59. The molecule has 0 fully saturated rings. The maximum atomic E-state index is 7.26. The van der Waals surface area contributed by atoms with E-state index in [4.69, 9.17) is 19.4 Å². The second-order valence-electron chi connectivity index (χ2n) is 15.1. The lowest BCUT2D eigenvalue weighted by atomic mass is 9.99. The van der Waals surface area contributed by atoms with Crippen LogP contribution in [0.5, 0.6) is 0 Å². The predicted octanol–water partition coefficient (Wildman–Crippen LogP) is 12.5. The molecule has 1 aliphatic carbocycles. The normalized spacial score (nSPS) is 13.0. The van der Waals surface area contributed by atoms with E-state index in [0.29, 0.717) is 0 Å². The van der Waals surface area contributed by atoms with Crippen LogP contribution in [0.25, 0.3) is 111 Å². The third-order valence-electron chi connectivity index (χ3n) is 12.0. The average molecular weight is 745 g/mol. The van der Waals surface area contributed by atoms with E-state index < -0.39 is 0 Å². The summed E-state index contributed by atoms with van der Waals surface area (Å²) in [6.07, 6.45) is 12.0. The zero-order valence-electron chi connectivity index (χ0n) is 31.2. The topological polar surface area (TPSA) is 66.6 Å². The van der Waals surface area contributed by atoms with E-state index in [1.54, 1.807) is 0 Å². The van der Waals surface area contributed by atoms with Gasteiger partial charge in [-0.1, -0.05) is 66.7 Å². The largest absolute Gasteiger partial charge is 0.452 e. The number of rotatable bonds is 4. The summed E-state index contributed by atoms with van der Waals surface area (Å²) in [5.41, 5.74) is 17.7. The molecule has 7 nitrogen and oxygen atoms in total. The van der Waals surface area contributed by atoms with Gasteiger partial charge in [0.1, 0.15) is 0 Å². The Kier molecular flexibility index (Phi) is 6.43. The van der Waals surface area contributed by atoms with Crippen molar-refractivity contribution >= 4 is 82.9 Å². The molecule has 5 aromatic carbocycles. The smallest absolute Gasteiger partial charge is 0.159 e. The van der Waals surface area contributed by atoms with E-state index in [0.717, 1.165) is 118 Å². The van der Waals surface area contributed by atoms with Crippen molar-refractivity contribution in [2.24, 2.45) is 0 Å². The molecule has 0 spiro atoms. The van der Waals surface area contributed by atoms with Crippen molar-refractivity contribution in [2.75, 3.05) is 0 Å². The van der Waals surface area contributed by atoms with Gasteiger partial charge in [0.25, 0.3) is 0 Å². The van der Waals surface area contributed by atoms with Crippen LogP contribution in [0, 0.1) is 0 Å². The molecule has 0 saturated heterocycles. The number of nitrogens with zero attached hydrogens (tertiary/aromatic N) is 6. The first-order chi connectivity index (χ1) is 28.8. The number of allylic oxidation sites excluding steroid dienone is 1. The Morgan fingerprint density at radius 2 is 1.10 bits per heavy atom. The molecule has 58 heavy (non-hydrogen) atoms. The van der Waals surface area contributed by atoms with Crippen LogP contribution in [0.1, 0.15) is 17.7 Å². The quantitative estimate of drug-likeness (QED) is 0.180. The lowest BCUT2D eigenvalue weighted by Crippen LogP contribution is -2.03. The predicted molar refractivity (Wildman–Crippen MR) is 235 cm³/mol. The average Bonchev–Trinajstić information content (AvgIpc) is 4.03. The van der Waals surface area contributed by atoms with Gasteiger partial charge in [-0.05, 0) is 109 Å². The first kappa shape index (κ1) is 31.4. The maximum absolute atomic E-state index is 7.26. The van der Waals surface area contributed by atoms with Crippen LogP contribution in [-0.4, -0.2) is 28.7 Å². The monoisotopic (exact) mass is 744 g/mol. The Morgan fingerprint density at radius 3 is 1.95 bits per heavy atom. The van der Waals surface area contributed by atoms with Crippen molar-refractivity contribution in [1.29, 1.82) is 0 Å².